The van der Waals surface area contributed by atoms with Gasteiger partial charge >= 0.3 is 0 Å². The highest BCUT2D eigenvalue weighted by Gasteiger charge is 2.39. The van der Waals surface area contributed by atoms with Crippen LogP contribution in [0, 0.1) is 27.9 Å². The number of amides is 2. The topological polar surface area (TPSA) is 102 Å². The Morgan fingerprint density at radius 2 is 2.19 bits per heavy atom. The van der Waals surface area contributed by atoms with Crippen molar-refractivity contribution in [1.82, 2.24) is 5.32 Å². The predicted octanol–water partition coefficient (Wildman–Crippen LogP) is 2.26. The summed E-state index contributed by atoms with van der Waals surface area (Å²) in [6, 6.07) is 4.05. The summed E-state index contributed by atoms with van der Waals surface area (Å²) < 4.78 is 5.31. The summed E-state index contributed by atoms with van der Waals surface area (Å²) in [4.78, 5) is 36.3. The summed E-state index contributed by atoms with van der Waals surface area (Å²) in [6.07, 6.45) is 6.28. The molecule has 8 nitrogen and oxygen atoms in total. The van der Waals surface area contributed by atoms with Crippen LogP contribution in [0.5, 0.6) is 5.75 Å². The molecule has 144 valence electrons. The zero-order chi connectivity index (χ0) is 19.0. The number of nitro groups is 1. The standard InChI is InChI=1S/C19H23N3O5/c23-18(20-6-5-14-8-12-1-2-13(14)7-12)10-21-16-9-15(22(25)26)3-4-17(16)27-11-19(21)24/h3-4,9,12-14H,1-2,5-8,10-11H2,(H,20,23)/t12-,13-,14+/m0/s1. The van der Waals surface area contributed by atoms with Crippen LogP contribution in [0.3, 0.4) is 0 Å². The molecule has 0 radical (unpaired) electrons. The molecule has 1 N–H and O–H groups in total. The molecule has 0 unspecified atom stereocenters. The molecule has 1 aromatic carbocycles. The van der Waals surface area contributed by atoms with Gasteiger partial charge in [0.1, 0.15) is 12.3 Å². The first-order valence-electron chi connectivity index (χ1n) is 9.49. The molecular formula is C19H23N3O5. The lowest BCUT2D eigenvalue weighted by Gasteiger charge is -2.28. The Hall–Kier alpha value is -2.64. The van der Waals surface area contributed by atoms with Gasteiger partial charge in [-0.2, -0.15) is 0 Å². The number of ether oxygens (including phenoxy) is 1. The van der Waals surface area contributed by atoms with Gasteiger partial charge in [-0.1, -0.05) is 6.42 Å². The van der Waals surface area contributed by atoms with Gasteiger partial charge in [-0.3, -0.25) is 24.6 Å². The normalized spacial score (nSPS) is 25.9. The number of rotatable bonds is 6. The van der Waals surface area contributed by atoms with Crippen molar-refractivity contribution >= 4 is 23.2 Å². The van der Waals surface area contributed by atoms with E-state index in [1.807, 2.05) is 0 Å². The Kier molecular flexibility index (Phi) is 4.72. The van der Waals surface area contributed by atoms with Crippen molar-refractivity contribution < 1.29 is 19.2 Å². The molecule has 0 spiro atoms. The minimum atomic E-state index is -0.535. The maximum Gasteiger partial charge on any atom is 0.271 e. The zero-order valence-electron chi connectivity index (χ0n) is 15.1. The molecule has 1 aliphatic heterocycles. The zero-order valence-corrected chi connectivity index (χ0v) is 15.1. The summed E-state index contributed by atoms with van der Waals surface area (Å²) in [5.74, 6) is 2.14. The van der Waals surface area contributed by atoms with Gasteiger partial charge in [-0.05, 0) is 49.5 Å². The number of carbonyl (C=O) groups excluding carboxylic acids is 2. The third kappa shape index (κ3) is 3.61. The van der Waals surface area contributed by atoms with Crippen LogP contribution in [-0.2, 0) is 9.59 Å². The fourth-order valence-electron chi connectivity index (χ4n) is 4.80. The molecular weight excluding hydrogens is 350 g/mol. The number of non-ortho nitro benzene ring substituents is 1. The van der Waals surface area contributed by atoms with Crippen LogP contribution in [0.15, 0.2) is 18.2 Å². The van der Waals surface area contributed by atoms with Gasteiger partial charge in [-0.25, -0.2) is 0 Å². The van der Waals surface area contributed by atoms with E-state index in [0.29, 0.717) is 18.2 Å². The Balaban J connectivity index is 1.35. The minimum absolute atomic E-state index is 0.145. The fourth-order valence-corrected chi connectivity index (χ4v) is 4.80. The lowest BCUT2D eigenvalue weighted by Crippen LogP contribution is -2.45. The SMILES string of the molecule is O=C(CN1C(=O)COc2ccc([N+](=O)[O-])cc21)NCC[C@@H]1C[C@H]2CC[C@H]1C2. The molecule has 4 rings (SSSR count). The highest BCUT2D eigenvalue weighted by atomic mass is 16.6. The average molecular weight is 373 g/mol. The largest absolute Gasteiger partial charge is 0.482 e. The molecule has 0 aromatic heterocycles. The van der Waals surface area contributed by atoms with Crippen molar-refractivity contribution in [3.63, 3.8) is 0 Å². The summed E-state index contributed by atoms with van der Waals surface area (Å²) in [6.45, 7) is 0.267. The number of hydrogen-bond acceptors (Lipinski definition) is 5. The molecule has 2 amide bonds. The van der Waals surface area contributed by atoms with E-state index < -0.39 is 4.92 Å². The molecule has 0 saturated heterocycles. The Labute approximate surface area is 157 Å². The van der Waals surface area contributed by atoms with Gasteiger partial charge in [-0.15, -0.1) is 0 Å². The predicted molar refractivity (Wildman–Crippen MR) is 97.5 cm³/mol. The summed E-state index contributed by atoms with van der Waals surface area (Å²) in [7, 11) is 0. The van der Waals surface area contributed by atoms with E-state index in [2.05, 4.69) is 5.32 Å². The second-order valence-corrected chi connectivity index (χ2v) is 7.75. The highest BCUT2D eigenvalue weighted by Crippen LogP contribution is 2.49. The summed E-state index contributed by atoms with van der Waals surface area (Å²) in [5, 5.41) is 13.9. The molecule has 8 heteroatoms. The van der Waals surface area contributed by atoms with Gasteiger partial charge in [0.2, 0.25) is 5.91 Å². The molecule has 2 fully saturated rings. The Morgan fingerprint density at radius 1 is 1.33 bits per heavy atom. The van der Waals surface area contributed by atoms with E-state index in [1.54, 1.807) is 0 Å². The summed E-state index contributed by atoms with van der Waals surface area (Å²) >= 11 is 0. The van der Waals surface area contributed by atoms with Crippen LogP contribution in [-0.4, -0.2) is 36.4 Å². The molecule has 27 heavy (non-hydrogen) atoms. The van der Waals surface area contributed by atoms with Gasteiger partial charge in [0, 0.05) is 18.7 Å². The number of carbonyl (C=O) groups is 2. The number of hydrogen-bond donors (Lipinski definition) is 1. The van der Waals surface area contributed by atoms with E-state index in [1.165, 1.54) is 48.8 Å². The lowest BCUT2D eigenvalue weighted by molar-refractivity contribution is -0.384. The maximum atomic E-state index is 12.3. The molecule has 3 aliphatic rings. The third-order valence-electron chi connectivity index (χ3n) is 6.12. The van der Waals surface area contributed by atoms with E-state index in [4.69, 9.17) is 4.74 Å². The van der Waals surface area contributed by atoms with Crippen LogP contribution in [0.4, 0.5) is 11.4 Å². The Morgan fingerprint density at radius 3 is 2.89 bits per heavy atom. The van der Waals surface area contributed by atoms with E-state index >= 15 is 0 Å². The average Bonchev–Trinajstić information content (AvgIpc) is 3.27. The van der Waals surface area contributed by atoms with Crippen molar-refractivity contribution in [3.05, 3.63) is 28.3 Å². The fraction of sp³-hybridized carbons (Fsp3) is 0.579. The number of nitrogens with zero attached hydrogens (tertiary/aromatic N) is 2. The Bertz CT molecular complexity index is 781. The monoisotopic (exact) mass is 373 g/mol. The van der Waals surface area contributed by atoms with E-state index in [-0.39, 0.29) is 36.3 Å². The lowest BCUT2D eigenvalue weighted by atomic mass is 9.86. The molecule has 1 aromatic rings. The van der Waals surface area contributed by atoms with Crippen molar-refractivity contribution in [2.75, 3.05) is 24.6 Å². The second-order valence-electron chi connectivity index (χ2n) is 7.75. The van der Waals surface area contributed by atoms with Crippen molar-refractivity contribution in [3.8, 4) is 5.75 Å². The first-order valence-corrected chi connectivity index (χ1v) is 9.49. The van der Waals surface area contributed by atoms with Crippen molar-refractivity contribution in [2.45, 2.75) is 32.1 Å². The van der Waals surface area contributed by atoms with Crippen LogP contribution in [0.2, 0.25) is 0 Å². The molecule has 2 saturated carbocycles. The molecule has 3 atom stereocenters. The third-order valence-corrected chi connectivity index (χ3v) is 6.12. The summed E-state index contributed by atoms with van der Waals surface area (Å²) in [5.41, 5.74) is 0.123. The number of nitro benzene ring substituents is 1. The molecule has 2 aliphatic carbocycles. The first-order chi connectivity index (χ1) is 13.0. The second kappa shape index (κ2) is 7.17. The van der Waals surface area contributed by atoms with Crippen molar-refractivity contribution in [1.29, 1.82) is 0 Å². The quantitative estimate of drug-likeness (QED) is 0.609. The van der Waals surface area contributed by atoms with Gasteiger partial charge in [0.25, 0.3) is 11.6 Å². The van der Waals surface area contributed by atoms with Gasteiger partial charge in [0.05, 0.1) is 10.6 Å². The smallest absolute Gasteiger partial charge is 0.271 e. The maximum absolute atomic E-state index is 12.3. The van der Waals surface area contributed by atoms with Crippen LogP contribution in [0.25, 0.3) is 0 Å². The first kappa shape index (κ1) is 17.8. The van der Waals surface area contributed by atoms with E-state index in [9.17, 15) is 19.7 Å². The number of anilines is 1. The van der Waals surface area contributed by atoms with Crippen LogP contribution in [0.1, 0.15) is 32.1 Å². The molecule has 2 bridgehead atoms. The number of fused-ring (bicyclic) bond motifs is 3. The van der Waals surface area contributed by atoms with E-state index in [0.717, 1.165) is 18.3 Å². The van der Waals surface area contributed by atoms with Gasteiger partial charge < -0.3 is 10.1 Å². The van der Waals surface area contributed by atoms with Crippen LogP contribution < -0.4 is 15.0 Å². The minimum Gasteiger partial charge on any atom is -0.482 e. The number of benzene rings is 1. The molecule has 1 heterocycles. The highest BCUT2D eigenvalue weighted by molar-refractivity contribution is 6.02. The van der Waals surface area contributed by atoms with Crippen molar-refractivity contribution in [2.24, 2.45) is 17.8 Å². The number of nitrogens with one attached hydrogen (secondary N) is 1. The van der Waals surface area contributed by atoms with Gasteiger partial charge in [0.15, 0.2) is 6.61 Å². The van der Waals surface area contributed by atoms with Crippen LogP contribution >= 0.6 is 0 Å².